The molecular formula is C23H31N3O6S2. The largest absolute Gasteiger partial charge is 0.484 e. The summed E-state index contributed by atoms with van der Waals surface area (Å²) in [6, 6.07) is 12.9. The van der Waals surface area contributed by atoms with E-state index >= 15 is 0 Å². The number of rotatable bonds is 9. The number of benzene rings is 2. The molecular weight excluding hydrogens is 478 g/mol. The van der Waals surface area contributed by atoms with Crippen LogP contribution in [0.4, 0.5) is 5.69 Å². The van der Waals surface area contributed by atoms with E-state index in [4.69, 9.17) is 4.74 Å². The second-order valence-corrected chi connectivity index (χ2v) is 12.4. The van der Waals surface area contributed by atoms with Crippen molar-refractivity contribution in [2.75, 3.05) is 38.3 Å². The highest BCUT2D eigenvalue weighted by molar-refractivity contribution is 7.89. The molecule has 2 aromatic rings. The Balaban J connectivity index is 1.51. The average Bonchev–Trinajstić information content (AvgIpc) is 3.09. The Morgan fingerprint density at radius 3 is 2.09 bits per heavy atom. The number of sulfonamides is 2. The fraction of sp³-hybridized carbons (Fsp3) is 0.435. The van der Waals surface area contributed by atoms with Crippen molar-refractivity contribution in [2.24, 2.45) is 0 Å². The minimum Gasteiger partial charge on any atom is -0.484 e. The summed E-state index contributed by atoms with van der Waals surface area (Å²) in [5, 5.41) is 2.69. The number of nitrogens with zero attached hydrogens (tertiary/aromatic N) is 2. The highest BCUT2D eigenvalue weighted by Crippen LogP contribution is 2.22. The van der Waals surface area contributed by atoms with Gasteiger partial charge in [-0.1, -0.05) is 25.0 Å². The number of amides is 1. The summed E-state index contributed by atoms with van der Waals surface area (Å²) < 4.78 is 57.0. The molecule has 2 aromatic carbocycles. The quantitative estimate of drug-likeness (QED) is 0.556. The van der Waals surface area contributed by atoms with Crippen molar-refractivity contribution in [3.63, 3.8) is 0 Å². The molecule has 1 amide bonds. The Labute approximate surface area is 201 Å². The first-order valence-electron chi connectivity index (χ1n) is 11.1. The Morgan fingerprint density at radius 2 is 1.53 bits per heavy atom. The van der Waals surface area contributed by atoms with E-state index in [9.17, 15) is 21.6 Å². The average molecular weight is 510 g/mol. The standard InChI is InChI=1S/C23H31N3O6S2/c1-25(33(2,28)29)17-19-7-11-21(12-8-19)32-18-23(27)24-20-9-13-22(14-10-20)34(30,31)26-15-5-3-4-6-16-26/h7-14H,3-6,15-18H2,1-2H3,(H,24,27). The van der Waals surface area contributed by atoms with Crippen LogP contribution >= 0.6 is 0 Å². The van der Waals surface area contributed by atoms with Gasteiger partial charge in [0.2, 0.25) is 20.0 Å². The molecule has 0 spiro atoms. The van der Waals surface area contributed by atoms with Crippen molar-refractivity contribution < 1.29 is 26.4 Å². The van der Waals surface area contributed by atoms with Gasteiger partial charge in [-0.15, -0.1) is 0 Å². The molecule has 0 atom stereocenters. The number of hydrogen-bond donors (Lipinski definition) is 1. The van der Waals surface area contributed by atoms with Crippen LogP contribution < -0.4 is 10.1 Å². The van der Waals surface area contributed by atoms with Crippen LogP contribution in [0.3, 0.4) is 0 Å². The molecule has 1 aliphatic heterocycles. The van der Waals surface area contributed by atoms with Gasteiger partial charge < -0.3 is 10.1 Å². The van der Waals surface area contributed by atoms with Gasteiger partial charge in [0.25, 0.3) is 5.91 Å². The van der Waals surface area contributed by atoms with Crippen molar-refractivity contribution in [2.45, 2.75) is 37.1 Å². The van der Waals surface area contributed by atoms with E-state index in [0.717, 1.165) is 37.5 Å². The van der Waals surface area contributed by atoms with Crippen molar-refractivity contribution >= 4 is 31.6 Å². The van der Waals surface area contributed by atoms with Gasteiger partial charge in [0, 0.05) is 32.4 Å². The van der Waals surface area contributed by atoms with Gasteiger partial charge in [-0.05, 0) is 54.8 Å². The normalized spacial score (nSPS) is 15.6. The van der Waals surface area contributed by atoms with Crippen molar-refractivity contribution in [3.05, 3.63) is 54.1 Å². The molecule has 1 heterocycles. The van der Waals surface area contributed by atoms with Crippen molar-refractivity contribution in [3.8, 4) is 5.75 Å². The first-order chi connectivity index (χ1) is 16.1. The molecule has 186 valence electrons. The molecule has 9 nitrogen and oxygen atoms in total. The van der Waals surface area contributed by atoms with Crippen LogP contribution in [0.25, 0.3) is 0 Å². The highest BCUT2D eigenvalue weighted by Gasteiger charge is 2.25. The van der Waals surface area contributed by atoms with Crippen LogP contribution in [0.1, 0.15) is 31.2 Å². The van der Waals surface area contributed by atoms with Crippen molar-refractivity contribution in [1.29, 1.82) is 0 Å². The number of ether oxygens (including phenoxy) is 1. The van der Waals surface area contributed by atoms with E-state index in [-0.39, 0.29) is 24.0 Å². The van der Waals surface area contributed by atoms with Gasteiger partial charge in [-0.2, -0.15) is 4.31 Å². The lowest BCUT2D eigenvalue weighted by Crippen LogP contribution is -2.31. The molecule has 1 saturated heterocycles. The summed E-state index contributed by atoms with van der Waals surface area (Å²) in [6.07, 6.45) is 4.97. The minimum absolute atomic E-state index is 0.213. The molecule has 11 heteroatoms. The fourth-order valence-electron chi connectivity index (χ4n) is 3.55. The van der Waals surface area contributed by atoms with Gasteiger partial charge in [-0.3, -0.25) is 4.79 Å². The Morgan fingerprint density at radius 1 is 0.941 bits per heavy atom. The van der Waals surface area contributed by atoms with E-state index in [1.807, 2.05) is 0 Å². The number of carbonyl (C=O) groups excluding carboxylic acids is 1. The van der Waals surface area contributed by atoms with E-state index < -0.39 is 20.0 Å². The topological polar surface area (TPSA) is 113 Å². The van der Waals surface area contributed by atoms with Crippen LogP contribution in [-0.4, -0.2) is 64.4 Å². The minimum atomic E-state index is -3.54. The molecule has 34 heavy (non-hydrogen) atoms. The second kappa shape index (κ2) is 11.3. The highest BCUT2D eigenvalue weighted by atomic mass is 32.2. The van der Waals surface area contributed by atoms with Crippen LogP contribution in [0.5, 0.6) is 5.75 Å². The zero-order valence-electron chi connectivity index (χ0n) is 19.4. The lowest BCUT2D eigenvalue weighted by atomic mass is 10.2. The van der Waals surface area contributed by atoms with Gasteiger partial charge in [0.15, 0.2) is 6.61 Å². The lowest BCUT2D eigenvalue weighted by Gasteiger charge is -2.20. The zero-order chi connectivity index (χ0) is 24.8. The maximum absolute atomic E-state index is 12.9. The maximum atomic E-state index is 12.9. The van der Waals surface area contributed by atoms with Gasteiger partial charge in [0.1, 0.15) is 5.75 Å². The summed E-state index contributed by atoms with van der Waals surface area (Å²) in [6.45, 7) is 1.08. The number of anilines is 1. The van der Waals surface area contributed by atoms with Crippen LogP contribution in [-0.2, 0) is 31.4 Å². The fourth-order valence-corrected chi connectivity index (χ4v) is 5.45. The Hall–Kier alpha value is -2.47. The zero-order valence-corrected chi connectivity index (χ0v) is 21.1. The molecule has 1 N–H and O–H groups in total. The van der Waals surface area contributed by atoms with Crippen molar-refractivity contribution in [1.82, 2.24) is 8.61 Å². The number of carbonyl (C=O) groups is 1. The van der Waals surface area contributed by atoms with E-state index in [2.05, 4.69) is 5.32 Å². The summed E-state index contributed by atoms with van der Waals surface area (Å²) in [5.74, 6) is 0.0869. The summed E-state index contributed by atoms with van der Waals surface area (Å²) in [4.78, 5) is 12.5. The monoisotopic (exact) mass is 509 g/mol. The summed E-state index contributed by atoms with van der Waals surface area (Å²) >= 11 is 0. The number of hydrogen-bond acceptors (Lipinski definition) is 6. The number of nitrogens with one attached hydrogen (secondary N) is 1. The molecule has 1 fully saturated rings. The Bertz CT molecular complexity index is 1170. The lowest BCUT2D eigenvalue weighted by molar-refractivity contribution is -0.118. The second-order valence-electron chi connectivity index (χ2n) is 8.34. The van der Waals surface area contributed by atoms with E-state index in [0.29, 0.717) is 24.5 Å². The summed E-state index contributed by atoms with van der Waals surface area (Å²) in [7, 11) is -5.30. The molecule has 3 rings (SSSR count). The molecule has 1 aliphatic rings. The van der Waals surface area contributed by atoms with Gasteiger partial charge in [-0.25, -0.2) is 21.1 Å². The molecule has 0 aromatic heterocycles. The molecule has 0 unspecified atom stereocenters. The third kappa shape index (κ3) is 7.26. The van der Waals surface area contributed by atoms with Crippen LogP contribution in [0.2, 0.25) is 0 Å². The maximum Gasteiger partial charge on any atom is 0.262 e. The SMILES string of the molecule is CN(Cc1ccc(OCC(=O)Nc2ccc(S(=O)(=O)N3CCCCCC3)cc2)cc1)S(C)(=O)=O. The van der Waals surface area contributed by atoms with E-state index in [1.165, 1.54) is 27.8 Å². The van der Waals surface area contributed by atoms with Gasteiger partial charge >= 0.3 is 0 Å². The predicted molar refractivity (Wildman–Crippen MR) is 131 cm³/mol. The summed E-state index contributed by atoms with van der Waals surface area (Å²) in [5.41, 5.74) is 1.27. The molecule has 0 bridgehead atoms. The molecule has 0 radical (unpaired) electrons. The third-order valence-corrected chi connectivity index (χ3v) is 8.78. The smallest absolute Gasteiger partial charge is 0.262 e. The first kappa shape index (κ1) is 26.1. The van der Waals surface area contributed by atoms with Crippen LogP contribution in [0, 0.1) is 0 Å². The molecule has 0 saturated carbocycles. The first-order valence-corrected chi connectivity index (χ1v) is 14.4. The molecule has 0 aliphatic carbocycles. The van der Waals surface area contributed by atoms with Crippen LogP contribution in [0.15, 0.2) is 53.4 Å². The van der Waals surface area contributed by atoms with E-state index in [1.54, 1.807) is 36.4 Å². The third-order valence-electron chi connectivity index (χ3n) is 5.61. The Kier molecular flexibility index (Phi) is 8.69. The van der Waals surface area contributed by atoms with Gasteiger partial charge in [0.05, 0.1) is 11.2 Å². The predicted octanol–water partition coefficient (Wildman–Crippen LogP) is 2.66.